The molecule has 1 amide bonds. The predicted octanol–water partition coefficient (Wildman–Crippen LogP) is 6.57. The summed E-state index contributed by atoms with van der Waals surface area (Å²) in [7, 11) is 0. The first-order chi connectivity index (χ1) is 16.7. The van der Waals surface area contributed by atoms with E-state index in [0.717, 1.165) is 46.4 Å². The van der Waals surface area contributed by atoms with Crippen molar-refractivity contribution in [1.29, 1.82) is 5.26 Å². The maximum atomic E-state index is 14.0. The SMILES string of the molecule is Cc1ccc([C@H]2C[C@H](C(F)(F)F)n3nc(C(=O)Nc4sc5c(c4C#N)CCCC5)c(Cl)c3N2)cc1. The molecule has 3 heterocycles. The number of hydrogen-bond acceptors (Lipinski definition) is 5. The molecular formula is C24H21ClF3N5OS. The molecule has 182 valence electrons. The van der Waals surface area contributed by atoms with Crippen LogP contribution in [0.1, 0.15) is 69.0 Å². The molecule has 35 heavy (non-hydrogen) atoms. The second-order valence-electron chi connectivity index (χ2n) is 8.84. The zero-order valence-electron chi connectivity index (χ0n) is 18.7. The summed E-state index contributed by atoms with van der Waals surface area (Å²) in [5.74, 6) is -0.802. The zero-order chi connectivity index (χ0) is 24.9. The lowest BCUT2D eigenvalue weighted by Crippen LogP contribution is -2.35. The Labute approximate surface area is 208 Å². The monoisotopic (exact) mass is 519 g/mol. The van der Waals surface area contributed by atoms with E-state index >= 15 is 0 Å². The highest BCUT2D eigenvalue weighted by Crippen LogP contribution is 2.46. The number of carbonyl (C=O) groups excluding carboxylic acids is 1. The van der Waals surface area contributed by atoms with Crippen LogP contribution in [0.2, 0.25) is 5.02 Å². The van der Waals surface area contributed by atoms with Gasteiger partial charge in [0.2, 0.25) is 0 Å². The first-order valence-corrected chi connectivity index (χ1v) is 12.4. The molecule has 0 bridgehead atoms. The first kappa shape index (κ1) is 23.7. The van der Waals surface area contributed by atoms with Crippen molar-refractivity contribution in [2.45, 2.75) is 57.3 Å². The van der Waals surface area contributed by atoms with E-state index in [1.165, 1.54) is 11.3 Å². The van der Waals surface area contributed by atoms with Gasteiger partial charge in [0.1, 0.15) is 21.9 Å². The van der Waals surface area contributed by atoms with Crippen LogP contribution in [0, 0.1) is 18.3 Å². The van der Waals surface area contributed by atoms with E-state index in [9.17, 15) is 23.2 Å². The van der Waals surface area contributed by atoms with Crippen molar-refractivity contribution < 1.29 is 18.0 Å². The van der Waals surface area contributed by atoms with Gasteiger partial charge < -0.3 is 10.6 Å². The second kappa shape index (κ2) is 8.88. The number of thiophene rings is 1. The van der Waals surface area contributed by atoms with Gasteiger partial charge >= 0.3 is 6.18 Å². The Bertz CT molecular complexity index is 1340. The third-order valence-electron chi connectivity index (χ3n) is 6.50. The average Bonchev–Trinajstić information content (AvgIpc) is 3.35. The number of hydrogen-bond donors (Lipinski definition) is 2. The maximum absolute atomic E-state index is 14.0. The van der Waals surface area contributed by atoms with Crippen LogP contribution in [0.25, 0.3) is 0 Å². The van der Waals surface area contributed by atoms with Gasteiger partial charge in [0.15, 0.2) is 11.7 Å². The number of amides is 1. The minimum Gasteiger partial charge on any atom is -0.362 e. The van der Waals surface area contributed by atoms with Gasteiger partial charge in [-0.25, -0.2) is 4.68 Å². The standard InChI is InChI=1S/C24H21ClF3N5OS/c1-12-6-8-13(9-7-12)16-10-18(24(26,27)28)33-21(30-16)19(25)20(32-33)22(34)31-23-15(11-29)14-4-2-3-5-17(14)35-23/h6-9,16,18,30H,2-5,10H2,1H3,(H,31,34)/t16-,18-/m1/s1. The average molecular weight is 520 g/mol. The highest BCUT2D eigenvalue weighted by atomic mass is 35.5. The lowest BCUT2D eigenvalue weighted by Gasteiger charge is -2.33. The molecule has 1 aliphatic heterocycles. The minimum absolute atomic E-state index is 0.0538. The number of nitrogens with zero attached hydrogens (tertiary/aromatic N) is 3. The molecule has 2 atom stereocenters. The molecule has 0 saturated carbocycles. The minimum atomic E-state index is -4.59. The van der Waals surface area contributed by atoms with Crippen LogP contribution < -0.4 is 10.6 Å². The molecule has 6 nitrogen and oxygen atoms in total. The fourth-order valence-electron chi connectivity index (χ4n) is 4.69. The van der Waals surface area contributed by atoms with Crippen molar-refractivity contribution in [2.75, 3.05) is 10.6 Å². The summed E-state index contributed by atoms with van der Waals surface area (Å²) in [4.78, 5) is 14.1. The summed E-state index contributed by atoms with van der Waals surface area (Å²) in [6, 6.07) is 6.76. The Morgan fingerprint density at radius 3 is 2.69 bits per heavy atom. The Hall–Kier alpha value is -3.03. The van der Waals surface area contributed by atoms with E-state index < -0.39 is 24.2 Å². The van der Waals surface area contributed by atoms with Crippen molar-refractivity contribution in [2.24, 2.45) is 0 Å². The van der Waals surface area contributed by atoms with Gasteiger partial charge in [0, 0.05) is 11.3 Å². The van der Waals surface area contributed by atoms with Crippen LogP contribution in [-0.4, -0.2) is 21.9 Å². The molecule has 1 aromatic carbocycles. The van der Waals surface area contributed by atoms with E-state index in [0.29, 0.717) is 16.1 Å². The van der Waals surface area contributed by atoms with Crippen molar-refractivity contribution in [3.05, 3.63) is 62.1 Å². The van der Waals surface area contributed by atoms with Crippen molar-refractivity contribution >= 4 is 39.7 Å². The third kappa shape index (κ3) is 4.28. The Balaban J connectivity index is 1.49. The van der Waals surface area contributed by atoms with Gasteiger partial charge in [-0.15, -0.1) is 11.3 Å². The highest BCUT2D eigenvalue weighted by molar-refractivity contribution is 7.16. The van der Waals surface area contributed by atoms with Gasteiger partial charge in [-0.1, -0.05) is 41.4 Å². The topological polar surface area (TPSA) is 82.7 Å². The molecule has 1 aliphatic carbocycles. The molecule has 0 fully saturated rings. The fourth-order valence-corrected chi connectivity index (χ4v) is 6.19. The van der Waals surface area contributed by atoms with Crippen LogP contribution in [0.5, 0.6) is 0 Å². The van der Waals surface area contributed by atoms with Crippen LogP contribution in [-0.2, 0) is 12.8 Å². The quantitative estimate of drug-likeness (QED) is 0.410. The summed E-state index contributed by atoms with van der Waals surface area (Å²) in [5, 5.41) is 19.5. The number of halogens is 4. The third-order valence-corrected chi connectivity index (χ3v) is 8.07. The summed E-state index contributed by atoms with van der Waals surface area (Å²) >= 11 is 7.76. The van der Waals surface area contributed by atoms with Crippen molar-refractivity contribution in [1.82, 2.24) is 9.78 Å². The van der Waals surface area contributed by atoms with Crippen LogP contribution in [0.4, 0.5) is 24.0 Å². The number of anilines is 2. The maximum Gasteiger partial charge on any atom is 0.410 e. The smallest absolute Gasteiger partial charge is 0.362 e. The van der Waals surface area contributed by atoms with E-state index in [1.807, 2.05) is 19.1 Å². The summed E-state index contributed by atoms with van der Waals surface area (Å²) in [6.07, 6.45) is -1.31. The van der Waals surface area contributed by atoms with Gasteiger partial charge in [0.05, 0.1) is 11.6 Å². The Kier molecular flexibility index (Phi) is 6.01. The lowest BCUT2D eigenvalue weighted by atomic mass is 9.96. The molecule has 2 aliphatic rings. The van der Waals surface area contributed by atoms with E-state index in [-0.39, 0.29) is 23.0 Å². The molecule has 5 rings (SSSR count). The molecule has 0 unspecified atom stereocenters. The summed E-state index contributed by atoms with van der Waals surface area (Å²) in [6.45, 7) is 1.90. The molecular weight excluding hydrogens is 499 g/mol. The summed E-state index contributed by atoms with van der Waals surface area (Å²) < 4.78 is 42.8. The summed E-state index contributed by atoms with van der Waals surface area (Å²) in [5.41, 5.74) is 2.70. The van der Waals surface area contributed by atoms with Gasteiger partial charge in [-0.2, -0.15) is 23.5 Å². The number of aromatic nitrogens is 2. The normalized spacial score (nSPS) is 19.3. The van der Waals surface area contributed by atoms with Crippen molar-refractivity contribution in [3.8, 4) is 6.07 Å². The van der Waals surface area contributed by atoms with Crippen LogP contribution >= 0.6 is 22.9 Å². The van der Waals surface area contributed by atoms with Gasteiger partial charge in [-0.05, 0) is 43.7 Å². The highest BCUT2D eigenvalue weighted by Gasteiger charge is 2.48. The number of nitriles is 1. The lowest BCUT2D eigenvalue weighted by molar-refractivity contribution is -0.173. The second-order valence-corrected chi connectivity index (χ2v) is 10.3. The number of carbonyl (C=O) groups is 1. The van der Waals surface area contributed by atoms with Crippen molar-refractivity contribution in [3.63, 3.8) is 0 Å². The number of benzene rings is 1. The van der Waals surface area contributed by atoms with E-state index in [4.69, 9.17) is 11.6 Å². The van der Waals surface area contributed by atoms with E-state index in [2.05, 4.69) is 21.8 Å². The molecule has 2 aromatic heterocycles. The molecule has 0 radical (unpaired) electrons. The molecule has 3 aromatic rings. The Morgan fingerprint density at radius 2 is 2.00 bits per heavy atom. The Morgan fingerprint density at radius 1 is 1.29 bits per heavy atom. The number of fused-ring (bicyclic) bond motifs is 2. The number of rotatable bonds is 3. The van der Waals surface area contributed by atoms with E-state index in [1.54, 1.807) is 12.1 Å². The largest absolute Gasteiger partial charge is 0.410 e. The number of aryl methyl sites for hydroxylation is 2. The predicted molar refractivity (Wildman–Crippen MR) is 128 cm³/mol. The number of alkyl halides is 3. The molecule has 11 heteroatoms. The van der Waals surface area contributed by atoms with Crippen LogP contribution in [0.15, 0.2) is 24.3 Å². The zero-order valence-corrected chi connectivity index (χ0v) is 20.2. The van der Waals surface area contributed by atoms with Gasteiger partial charge in [0.25, 0.3) is 5.91 Å². The molecule has 2 N–H and O–H groups in total. The number of nitrogens with one attached hydrogen (secondary N) is 2. The molecule has 0 saturated heterocycles. The first-order valence-electron chi connectivity index (χ1n) is 11.2. The van der Waals surface area contributed by atoms with Gasteiger partial charge in [-0.3, -0.25) is 4.79 Å². The molecule has 0 spiro atoms. The fraction of sp³-hybridized carbons (Fsp3) is 0.375. The van der Waals surface area contributed by atoms with Crippen LogP contribution in [0.3, 0.4) is 0 Å².